The lowest BCUT2D eigenvalue weighted by Gasteiger charge is -2.37. The number of carboxylic acids is 2. The molecular weight excluding hydrogens is 437 g/mol. The average Bonchev–Trinajstić information content (AvgIpc) is 3.16. The van der Waals surface area contributed by atoms with Gasteiger partial charge < -0.3 is 14.8 Å². The lowest BCUT2D eigenvalue weighted by Crippen LogP contribution is -2.49. The lowest BCUT2D eigenvalue weighted by molar-refractivity contribution is -0.144. The fourth-order valence-corrected chi connectivity index (χ4v) is 4.50. The number of piperazine rings is 1. The van der Waals surface area contributed by atoms with Crippen molar-refractivity contribution in [1.82, 2.24) is 14.4 Å². The highest BCUT2D eigenvalue weighted by Crippen LogP contribution is 2.32. The van der Waals surface area contributed by atoms with Crippen molar-refractivity contribution in [2.75, 3.05) is 32.7 Å². The minimum atomic E-state index is -0.973. The largest absolute Gasteiger partial charge is 0.481 e. The van der Waals surface area contributed by atoms with E-state index in [0.717, 1.165) is 25.2 Å². The number of aryl methyl sites for hydroxylation is 1. The van der Waals surface area contributed by atoms with Crippen LogP contribution in [-0.4, -0.2) is 69.2 Å². The molecule has 0 amide bonds. The van der Waals surface area contributed by atoms with Gasteiger partial charge in [0.25, 0.3) is 0 Å². The summed E-state index contributed by atoms with van der Waals surface area (Å²) in [5.41, 5.74) is 2.21. The highest BCUT2D eigenvalue weighted by molar-refractivity contribution is 5.90. The lowest BCUT2D eigenvalue weighted by atomic mass is 10.0. The van der Waals surface area contributed by atoms with E-state index in [2.05, 4.69) is 17.1 Å². The van der Waals surface area contributed by atoms with Crippen LogP contribution in [0.1, 0.15) is 23.6 Å². The summed E-state index contributed by atoms with van der Waals surface area (Å²) in [7, 11) is 0. The number of carbonyl (C=O) groups is 2. The Morgan fingerprint density at radius 2 is 1.76 bits per heavy atom. The van der Waals surface area contributed by atoms with Crippen LogP contribution in [0.5, 0.6) is 0 Å². The molecule has 1 aliphatic rings. The summed E-state index contributed by atoms with van der Waals surface area (Å²) in [6, 6.07) is 13.4. The maximum atomic E-state index is 13.9. The Bertz CT molecular complexity index is 1180. The van der Waals surface area contributed by atoms with Crippen molar-refractivity contribution in [2.45, 2.75) is 19.0 Å². The van der Waals surface area contributed by atoms with Gasteiger partial charge in [0.2, 0.25) is 0 Å². The zero-order valence-electron chi connectivity index (χ0n) is 18.8. The molecule has 0 radical (unpaired) electrons. The first-order valence-electron chi connectivity index (χ1n) is 11.3. The number of rotatable bonds is 9. The molecule has 0 saturated carbocycles. The summed E-state index contributed by atoms with van der Waals surface area (Å²) >= 11 is 0. The Kier molecular flexibility index (Phi) is 7.40. The molecule has 2 N–H and O–H groups in total. The van der Waals surface area contributed by atoms with E-state index in [4.69, 9.17) is 5.11 Å². The number of fused-ring (bicyclic) bond motifs is 1. The second-order valence-electron chi connectivity index (χ2n) is 8.47. The van der Waals surface area contributed by atoms with Crippen molar-refractivity contribution in [3.63, 3.8) is 0 Å². The van der Waals surface area contributed by atoms with Crippen LogP contribution in [0.3, 0.4) is 0 Å². The molecule has 1 aromatic heterocycles. The first-order chi connectivity index (χ1) is 16.4. The first-order valence-corrected chi connectivity index (χ1v) is 11.3. The number of aliphatic carboxylic acids is 2. The third-order valence-electron chi connectivity index (χ3n) is 6.22. The van der Waals surface area contributed by atoms with Crippen molar-refractivity contribution >= 4 is 28.9 Å². The Morgan fingerprint density at radius 3 is 2.44 bits per heavy atom. The van der Waals surface area contributed by atoms with Crippen LogP contribution < -0.4 is 0 Å². The van der Waals surface area contributed by atoms with Crippen LogP contribution in [0.25, 0.3) is 17.0 Å². The Balaban J connectivity index is 1.49. The molecule has 2 heterocycles. The molecule has 1 unspecified atom stereocenters. The smallest absolute Gasteiger partial charge is 0.325 e. The van der Waals surface area contributed by atoms with Crippen LogP contribution in [0.2, 0.25) is 0 Å². The zero-order valence-corrected chi connectivity index (χ0v) is 18.8. The molecule has 1 atom stereocenters. The molecule has 4 rings (SSSR count). The number of aromatic nitrogens is 1. The highest BCUT2D eigenvalue weighted by Gasteiger charge is 2.32. The summed E-state index contributed by atoms with van der Waals surface area (Å²) in [6.45, 7) is 3.56. The van der Waals surface area contributed by atoms with Gasteiger partial charge in [-0.05, 0) is 23.8 Å². The van der Waals surface area contributed by atoms with Crippen molar-refractivity contribution < 1.29 is 24.2 Å². The molecule has 0 aliphatic carbocycles. The standard InChI is InChI=1S/C26H28FN3O4/c27-20-8-9-21-22(18-30(23(21)17-20)12-10-24(31)32)25(26(33)34)29-15-13-28(14-16-29)11-4-7-19-5-2-1-3-6-19/h1-9,17-18,25H,10-16H2,(H,31,32)(H,33,34)/b7-4+. The predicted molar refractivity (Wildman–Crippen MR) is 128 cm³/mol. The second kappa shape index (κ2) is 10.6. The summed E-state index contributed by atoms with van der Waals surface area (Å²) in [4.78, 5) is 27.6. The number of benzene rings is 2. The highest BCUT2D eigenvalue weighted by atomic mass is 19.1. The number of hydrogen-bond acceptors (Lipinski definition) is 4. The summed E-state index contributed by atoms with van der Waals surface area (Å²) in [6.07, 6.45) is 5.73. The fraction of sp³-hybridized carbons (Fsp3) is 0.308. The molecule has 7 nitrogen and oxygen atoms in total. The summed E-state index contributed by atoms with van der Waals surface area (Å²) in [5.74, 6) is -2.39. The first kappa shape index (κ1) is 23.7. The van der Waals surface area contributed by atoms with Gasteiger partial charge in [0.05, 0.1) is 11.9 Å². The van der Waals surface area contributed by atoms with Gasteiger partial charge in [-0.1, -0.05) is 42.5 Å². The molecule has 1 aliphatic heterocycles. The van der Waals surface area contributed by atoms with Gasteiger partial charge in [0.1, 0.15) is 11.9 Å². The molecule has 0 bridgehead atoms. The maximum absolute atomic E-state index is 13.9. The van der Waals surface area contributed by atoms with Gasteiger partial charge in [-0.2, -0.15) is 0 Å². The molecule has 178 valence electrons. The van der Waals surface area contributed by atoms with Crippen LogP contribution in [0, 0.1) is 5.82 Å². The van der Waals surface area contributed by atoms with Crippen LogP contribution >= 0.6 is 0 Å². The van der Waals surface area contributed by atoms with Gasteiger partial charge in [-0.3, -0.25) is 19.4 Å². The van der Waals surface area contributed by atoms with Crippen LogP contribution in [-0.2, 0) is 16.1 Å². The number of hydrogen-bond donors (Lipinski definition) is 2. The Morgan fingerprint density at radius 1 is 1.03 bits per heavy atom. The number of halogens is 1. The monoisotopic (exact) mass is 465 g/mol. The van der Waals surface area contributed by atoms with E-state index in [-0.39, 0.29) is 13.0 Å². The minimum absolute atomic E-state index is 0.132. The van der Waals surface area contributed by atoms with Gasteiger partial charge in [-0.25, -0.2) is 4.39 Å². The van der Waals surface area contributed by atoms with E-state index in [1.165, 1.54) is 12.1 Å². The quantitative estimate of drug-likeness (QED) is 0.501. The molecule has 34 heavy (non-hydrogen) atoms. The molecular formula is C26H28FN3O4. The van der Waals surface area contributed by atoms with E-state index < -0.39 is 23.8 Å². The second-order valence-corrected chi connectivity index (χ2v) is 8.47. The summed E-state index contributed by atoms with van der Waals surface area (Å²) < 4.78 is 15.6. The van der Waals surface area contributed by atoms with Crippen molar-refractivity contribution in [2.24, 2.45) is 0 Å². The van der Waals surface area contributed by atoms with Gasteiger partial charge >= 0.3 is 11.9 Å². The molecule has 2 aromatic carbocycles. The third kappa shape index (κ3) is 5.52. The molecule has 8 heteroatoms. The third-order valence-corrected chi connectivity index (χ3v) is 6.22. The van der Waals surface area contributed by atoms with Crippen molar-refractivity contribution in [3.05, 3.63) is 77.7 Å². The van der Waals surface area contributed by atoms with Gasteiger partial charge in [0, 0.05) is 56.4 Å². The Hall–Kier alpha value is -3.49. The number of nitrogens with zero attached hydrogens (tertiary/aromatic N) is 3. The maximum Gasteiger partial charge on any atom is 0.325 e. The SMILES string of the molecule is O=C(O)CCn1cc(C(C(=O)O)N2CCN(C/C=C/c3ccccc3)CC2)c2ccc(F)cc21. The van der Waals surface area contributed by atoms with Crippen LogP contribution in [0.4, 0.5) is 4.39 Å². The van der Waals surface area contributed by atoms with E-state index in [1.807, 2.05) is 35.2 Å². The van der Waals surface area contributed by atoms with Crippen LogP contribution in [0.15, 0.2) is 60.8 Å². The van der Waals surface area contributed by atoms with Crippen molar-refractivity contribution in [1.29, 1.82) is 0 Å². The molecule has 1 fully saturated rings. The summed E-state index contributed by atoms with van der Waals surface area (Å²) in [5, 5.41) is 19.8. The van der Waals surface area contributed by atoms with Crippen molar-refractivity contribution in [3.8, 4) is 0 Å². The Labute approximate surface area is 197 Å². The fourth-order valence-electron chi connectivity index (χ4n) is 4.50. The molecule has 1 saturated heterocycles. The minimum Gasteiger partial charge on any atom is -0.481 e. The van der Waals surface area contributed by atoms with Gasteiger partial charge in [0.15, 0.2) is 0 Å². The van der Waals surface area contributed by atoms with Gasteiger partial charge in [-0.15, -0.1) is 0 Å². The van der Waals surface area contributed by atoms with E-state index in [1.54, 1.807) is 16.8 Å². The van der Waals surface area contributed by atoms with E-state index >= 15 is 0 Å². The molecule has 0 spiro atoms. The number of carboxylic acid groups (broad SMARTS) is 2. The topological polar surface area (TPSA) is 86.0 Å². The molecule has 3 aromatic rings. The normalized spacial score (nSPS) is 16.3. The zero-order chi connectivity index (χ0) is 24.1. The average molecular weight is 466 g/mol. The van der Waals surface area contributed by atoms with E-state index in [9.17, 15) is 19.1 Å². The van der Waals surface area contributed by atoms with E-state index in [0.29, 0.717) is 29.6 Å². The predicted octanol–water partition coefficient (Wildman–Crippen LogP) is 3.71.